The number of anilines is 1. The van der Waals surface area contributed by atoms with Gasteiger partial charge in [0.1, 0.15) is 0 Å². The summed E-state index contributed by atoms with van der Waals surface area (Å²) in [6, 6.07) is 16.8. The molecule has 0 unspecified atom stereocenters. The summed E-state index contributed by atoms with van der Waals surface area (Å²) >= 11 is 4.39. The molecule has 0 amide bonds. The lowest BCUT2D eigenvalue weighted by Crippen LogP contribution is -2.17. The lowest BCUT2D eigenvalue weighted by molar-refractivity contribution is -0.134. The number of rotatable bonds is 5. The van der Waals surface area contributed by atoms with Crippen LogP contribution in [-0.2, 0) is 9.53 Å². The van der Waals surface area contributed by atoms with Crippen molar-refractivity contribution in [2.24, 2.45) is 5.10 Å². The number of ether oxygens (including phenoxy) is 1. The zero-order chi connectivity index (χ0) is 19.1. The highest BCUT2D eigenvalue weighted by Crippen LogP contribution is 2.21. The number of benzene rings is 2. The Morgan fingerprint density at radius 1 is 1.22 bits per heavy atom. The Morgan fingerprint density at radius 2 is 1.96 bits per heavy atom. The van der Waals surface area contributed by atoms with Gasteiger partial charge in [-0.25, -0.2) is 4.79 Å². The number of halogens is 1. The highest BCUT2D eigenvalue weighted by molar-refractivity contribution is 9.10. The SMILES string of the molecule is CCOC(=O)/C(=N/Nc1ccc(Br)cc1)Sc1nnnn1-c1ccccc1. The number of carbonyl (C=O) groups is 1. The molecule has 0 radical (unpaired) electrons. The van der Waals surface area contributed by atoms with Crippen molar-refractivity contribution in [3.8, 4) is 5.69 Å². The number of carbonyl (C=O) groups excluding carboxylic acids is 1. The summed E-state index contributed by atoms with van der Waals surface area (Å²) in [4.78, 5) is 12.3. The fraction of sp³-hybridized carbons (Fsp3) is 0.118. The van der Waals surface area contributed by atoms with Crippen LogP contribution >= 0.6 is 27.7 Å². The molecule has 0 spiro atoms. The predicted octanol–water partition coefficient (Wildman–Crippen LogP) is 3.51. The Hall–Kier alpha value is -2.72. The van der Waals surface area contributed by atoms with Crippen molar-refractivity contribution >= 4 is 44.4 Å². The van der Waals surface area contributed by atoms with Gasteiger partial charge < -0.3 is 4.74 Å². The van der Waals surface area contributed by atoms with Crippen molar-refractivity contribution in [3.63, 3.8) is 0 Å². The summed E-state index contributed by atoms with van der Waals surface area (Å²) < 4.78 is 7.56. The number of hydrogen-bond acceptors (Lipinski definition) is 8. The van der Waals surface area contributed by atoms with Crippen molar-refractivity contribution in [3.05, 3.63) is 59.1 Å². The fourth-order valence-corrected chi connectivity index (χ4v) is 2.98. The number of para-hydroxylation sites is 1. The highest BCUT2D eigenvalue weighted by atomic mass is 79.9. The van der Waals surface area contributed by atoms with Crippen LogP contribution in [0.2, 0.25) is 0 Å². The van der Waals surface area contributed by atoms with Crippen LogP contribution in [0.4, 0.5) is 5.69 Å². The molecular formula is C17H15BrN6O2S. The average Bonchev–Trinajstić information content (AvgIpc) is 3.15. The molecule has 0 bridgehead atoms. The second-order valence-corrected chi connectivity index (χ2v) is 6.94. The summed E-state index contributed by atoms with van der Waals surface area (Å²) in [7, 11) is 0. The molecule has 138 valence electrons. The van der Waals surface area contributed by atoms with E-state index in [-0.39, 0.29) is 11.7 Å². The number of esters is 1. The maximum absolute atomic E-state index is 12.3. The highest BCUT2D eigenvalue weighted by Gasteiger charge is 2.20. The molecule has 2 aromatic carbocycles. The number of thioether (sulfide) groups is 1. The second-order valence-electron chi connectivity index (χ2n) is 5.07. The van der Waals surface area contributed by atoms with E-state index < -0.39 is 5.97 Å². The summed E-state index contributed by atoms with van der Waals surface area (Å²) in [5.41, 5.74) is 4.35. The molecule has 10 heteroatoms. The van der Waals surface area contributed by atoms with Crippen LogP contribution in [0.25, 0.3) is 5.69 Å². The normalized spacial score (nSPS) is 11.3. The van der Waals surface area contributed by atoms with Gasteiger partial charge in [-0.1, -0.05) is 34.1 Å². The number of hydrogen-bond donors (Lipinski definition) is 1. The van der Waals surface area contributed by atoms with E-state index in [2.05, 4.69) is 42.0 Å². The van der Waals surface area contributed by atoms with Gasteiger partial charge in [-0.15, -0.1) is 5.10 Å². The van der Waals surface area contributed by atoms with E-state index in [1.165, 1.54) is 4.68 Å². The van der Waals surface area contributed by atoms with Crippen molar-refractivity contribution in [1.82, 2.24) is 20.2 Å². The second kappa shape index (κ2) is 9.28. The third-order valence-electron chi connectivity index (χ3n) is 3.21. The van der Waals surface area contributed by atoms with Gasteiger partial charge in [-0.3, -0.25) is 5.43 Å². The summed E-state index contributed by atoms with van der Waals surface area (Å²) in [6.45, 7) is 1.97. The molecule has 1 heterocycles. The van der Waals surface area contributed by atoms with Crippen molar-refractivity contribution in [1.29, 1.82) is 0 Å². The molecular weight excluding hydrogens is 432 g/mol. The topological polar surface area (TPSA) is 94.3 Å². The quantitative estimate of drug-likeness (QED) is 0.210. The van der Waals surface area contributed by atoms with Gasteiger partial charge >= 0.3 is 5.97 Å². The van der Waals surface area contributed by atoms with Gasteiger partial charge in [-0.05, 0) is 65.5 Å². The molecule has 0 saturated heterocycles. The first kappa shape index (κ1) is 19.1. The van der Waals surface area contributed by atoms with Gasteiger partial charge in [0.05, 0.1) is 18.0 Å². The maximum atomic E-state index is 12.3. The smallest absolute Gasteiger partial charge is 0.365 e. The molecule has 0 saturated carbocycles. The Morgan fingerprint density at radius 3 is 2.67 bits per heavy atom. The molecule has 1 N–H and O–H groups in total. The van der Waals surface area contributed by atoms with E-state index in [1.54, 1.807) is 6.92 Å². The van der Waals surface area contributed by atoms with Crippen LogP contribution in [0, 0.1) is 0 Å². The minimum atomic E-state index is -0.560. The first-order valence-electron chi connectivity index (χ1n) is 7.95. The number of tetrazole rings is 1. The summed E-state index contributed by atoms with van der Waals surface area (Å²) in [5, 5.41) is 16.3. The molecule has 27 heavy (non-hydrogen) atoms. The van der Waals surface area contributed by atoms with E-state index >= 15 is 0 Å². The Kier molecular flexibility index (Phi) is 6.55. The third kappa shape index (κ3) is 5.14. The molecule has 0 aliphatic carbocycles. The van der Waals surface area contributed by atoms with Crippen LogP contribution in [0.1, 0.15) is 6.92 Å². The average molecular weight is 447 g/mol. The van der Waals surface area contributed by atoms with E-state index in [0.29, 0.717) is 5.16 Å². The van der Waals surface area contributed by atoms with Gasteiger partial charge in [0.15, 0.2) is 0 Å². The minimum absolute atomic E-state index is 0.0896. The van der Waals surface area contributed by atoms with Crippen LogP contribution < -0.4 is 5.43 Å². The van der Waals surface area contributed by atoms with E-state index in [9.17, 15) is 4.79 Å². The van der Waals surface area contributed by atoms with Crippen LogP contribution in [0.3, 0.4) is 0 Å². The number of hydrazone groups is 1. The Labute approximate surface area is 168 Å². The van der Waals surface area contributed by atoms with Crippen LogP contribution in [0.5, 0.6) is 0 Å². The largest absolute Gasteiger partial charge is 0.461 e. The molecule has 8 nitrogen and oxygen atoms in total. The molecule has 0 atom stereocenters. The Bertz CT molecular complexity index is 930. The zero-order valence-corrected chi connectivity index (χ0v) is 16.6. The maximum Gasteiger partial charge on any atom is 0.365 e. The Balaban J connectivity index is 1.84. The standard InChI is InChI=1S/C17H15BrN6O2S/c1-2-26-16(25)15(20-19-13-10-8-12(18)9-11-13)27-17-21-22-23-24(17)14-6-4-3-5-7-14/h3-11,19H,2H2,1H3/b20-15-. The van der Waals surface area contributed by atoms with Gasteiger partial charge in [0.25, 0.3) is 0 Å². The summed E-state index contributed by atoms with van der Waals surface area (Å²) in [6.07, 6.45) is 0. The van der Waals surface area contributed by atoms with E-state index in [4.69, 9.17) is 4.74 Å². The molecule has 1 aromatic heterocycles. The molecule has 3 aromatic rings. The summed E-state index contributed by atoms with van der Waals surface area (Å²) in [5.74, 6) is -0.560. The van der Waals surface area contributed by atoms with Gasteiger partial charge in [-0.2, -0.15) is 9.78 Å². The predicted molar refractivity (Wildman–Crippen MR) is 107 cm³/mol. The number of nitrogens with one attached hydrogen (secondary N) is 1. The van der Waals surface area contributed by atoms with E-state index in [1.807, 2.05) is 54.6 Å². The van der Waals surface area contributed by atoms with Crippen molar-refractivity contribution in [2.45, 2.75) is 12.1 Å². The van der Waals surface area contributed by atoms with Crippen molar-refractivity contribution < 1.29 is 9.53 Å². The van der Waals surface area contributed by atoms with E-state index in [0.717, 1.165) is 27.6 Å². The lowest BCUT2D eigenvalue weighted by Gasteiger charge is -2.07. The van der Waals surface area contributed by atoms with Crippen molar-refractivity contribution in [2.75, 3.05) is 12.0 Å². The lowest BCUT2D eigenvalue weighted by atomic mass is 10.3. The number of aromatic nitrogens is 4. The molecule has 0 aliphatic rings. The molecule has 3 rings (SSSR count). The zero-order valence-electron chi connectivity index (χ0n) is 14.2. The third-order valence-corrected chi connectivity index (χ3v) is 4.63. The van der Waals surface area contributed by atoms with Gasteiger partial charge in [0.2, 0.25) is 10.2 Å². The monoisotopic (exact) mass is 446 g/mol. The van der Waals surface area contributed by atoms with Crippen LogP contribution in [0.15, 0.2) is 69.3 Å². The minimum Gasteiger partial charge on any atom is -0.461 e. The molecule has 0 aliphatic heterocycles. The first-order valence-corrected chi connectivity index (χ1v) is 9.56. The van der Waals surface area contributed by atoms with Gasteiger partial charge in [0, 0.05) is 4.47 Å². The fourth-order valence-electron chi connectivity index (χ4n) is 2.00. The van der Waals surface area contributed by atoms with Crippen LogP contribution in [-0.4, -0.2) is 37.8 Å². The molecule has 0 fully saturated rings. The first-order chi connectivity index (χ1) is 13.2. The number of nitrogens with zero attached hydrogens (tertiary/aromatic N) is 5.